The topological polar surface area (TPSA) is 72.3 Å². The largest absolute Gasteiger partial charge is 0.370 e. The third-order valence-electron chi connectivity index (χ3n) is 3.43. The summed E-state index contributed by atoms with van der Waals surface area (Å²) in [6.45, 7) is 2.74. The maximum atomic E-state index is 11.1. The molecule has 1 aromatic carbocycles. The monoisotopic (exact) mass is 311 g/mol. The Bertz CT molecular complexity index is 450. The summed E-state index contributed by atoms with van der Waals surface area (Å²) < 4.78 is 0.913. The number of primary amides is 1. The molecule has 1 heterocycles. The van der Waals surface area contributed by atoms with Crippen molar-refractivity contribution >= 4 is 27.5 Å². The van der Waals surface area contributed by atoms with Gasteiger partial charge in [0.15, 0.2) is 0 Å². The van der Waals surface area contributed by atoms with Gasteiger partial charge in [-0.2, -0.15) is 0 Å². The summed E-state index contributed by atoms with van der Waals surface area (Å²) in [6.07, 6.45) is 2.36. The Hall–Kier alpha value is -1.07. The highest BCUT2D eigenvalue weighted by Gasteiger charge is 2.20. The van der Waals surface area contributed by atoms with E-state index in [-0.39, 0.29) is 0 Å². The van der Waals surface area contributed by atoms with Crippen LogP contribution in [0.3, 0.4) is 0 Å². The first-order chi connectivity index (χ1) is 8.61. The van der Waals surface area contributed by atoms with Gasteiger partial charge in [-0.05, 0) is 59.4 Å². The van der Waals surface area contributed by atoms with Gasteiger partial charge in [-0.1, -0.05) is 0 Å². The summed E-state index contributed by atoms with van der Waals surface area (Å²) in [5, 5.41) is 0. The Kier molecular flexibility index (Phi) is 4.24. The van der Waals surface area contributed by atoms with Crippen molar-refractivity contribution in [3.63, 3.8) is 0 Å². The average molecular weight is 312 g/mol. The van der Waals surface area contributed by atoms with E-state index in [0.717, 1.165) is 36.2 Å². The lowest BCUT2D eigenvalue weighted by atomic mass is 9.97. The predicted molar refractivity (Wildman–Crippen MR) is 76.7 cm³/mol. The van der Waals surface area contributed by atoms with Crippen LogP contribution in [0.1, 0.15) is 23.2 Å². The summed E-state index contributed by atoms with van der Waals surface area (Å²) in [5.41, 5.74) is 12.6. The minimum Gasteiger partial charge on any atom is -0.370 e. The van der Waals surface area contributed by atoms with Crippen molar-refractivity contribution in [3.8, 4) is 0 Å². The second kappa shape index (κ2) is 5.71. The van der Waals surface area contributed by atoms with Gasteiger partial charge in [0.2, 0.25) is 5.91 Å². The van der Waals surface area contributed by atoms with Crippen molar-refractivity contribution in [2.75, 3.05) is 24.5 Å². The number of nitrogens with zero attached hydrogens (tertiary/aromatic N) is 1. The number of piperidine rings is 1. The zero-order valence-corrected chi connectivity index (χ0v) is 11.8. The Morgan fingerprint density at radius 3 is 2.89 bits per heavy atom. The zero-order chi connectivity index (χ0) is 13.1. The van der Waals surface area contributed by atoms with Crippen LogP contribution in [0.5, 0.6) is 0 Å². The van der Waals surface area contributed by atoms with E-state index in [4.69, 9.17) is 11.5 Å². The van der Waals surface area contributed by atoms with Crippen molar-refractivity contribution in [2.45, 2.75) is 12.8 Å². The van der Waals surface area contributed by atoms with Gasteiger partial charge in [-0.25, -0.2) is 0 Å². The fourth-order valence-corrected chi connectivity index (χ4v) is 3.02. The molecule has 1 aliphatic heterocycles. The minimum absolute atomic E-state index is 0.402. The van der Waals surface area contributed by atoms with Gasteiger partial charge in [0.1, 0.15) is 0 Å². The Balaban J connectivity index is 2.20. The highest BCUT2D eigenvalue weighted by Crippen LogP contribution is 2.30. The van der Waals surface area contributed by atoms with Gasteiger partial charge in [0, 0.05) is 23.1 Å². The van der Waals surface area contributed by atoms with E-state index < -0.39 is 5.91 Å². The molecule has 0 saturated carbocycles. The number of carbonyl (C=O) groups is 1. The molecule has 0 aliphatic carbocycles. The van der Waals surface area contributed by atoms with Gasteiger partial charge in [0.05, 0.1) is 5.69 Å². The number of hydrogen-bond acceptors (Lipinski definition) is 3. The normalized spacial score (nSPS) is 19.9. The number of carbonyl (C=O) groups excluding carboxylic acids is 1. The van der Waals surface area contributed by atoms with E-state index in [9.17, 15) is 4.79 Å². The second-order valence-corrected chi connectivity index (χ2v) is 5.57. The van der Waals surface area contributed by atoms with Crippen LogP contribution in [0, 0.1) is 5.92 Å². The maximum absolute atomic E-state index is 11.1. The molecule has 18 heavy (non-hydrogen) atoms. The molecule has 4 nitrogen and oxygen atoms in total. The molecule has 1 aliphatic rings. The van der Waals surface area contributed by atoms with Crippen LogP contribution in [0.4, 0.5) is 5.69 Å². The lowest BCUT2D eigenvalue weighted by Gasteiger charge is -2.34. The van der Waals surface area contributed by atoms with Crippen molar-refractivity contribution in [1.82, 2.24) is 0 Å². The van der Waals surface area contributed by atoms with E-state index in [2.05, 4.69) is 20.8 Å². The molecule has 0 aromatic heterocycles. The van der Waals surface area contributed by atoms with Gasteiger partial charge < -0.3 is 16.4 Å². The van der Waals surface area contributed by atoms with Crippen LogP contribution in [0.25, 0.3) is 0 Å². The summed E-state index contributed by atoms with van der Waals surface area (Å²) >= 11 is 3.51. The van der Waals surface area contributed by atoms with E-state index in [1.807, 2.05) is 6.07 Å². The Labute approximate surface area is 115 Å². The fraction of sp³-hybridized carbons (Fsp3) is 0.462. The summed E-state index contributed by atoms with van der Waals surface area (Å²) in [6, 6.07) is 5.50. The molecule has 0 radical (unpaired) electrons. The molecule has 0 spiro atoms. The van der Waals surface area contributed by atoms with Gasteiger partial charge in [0.25, 0.3) is 0 Å². The third kappa shape index (κ3) is 2.84. The maximum Gasteiger partial charge on any atom is 0.248 e. The third-order valence-corrected chi connectivity index (χ3v) is 4.06. The predicted octanol–water partition coefficient (Wildman–Crippen LogP) is 1.72. The van der Waals surface area contributed by atoms with Crippen LogP contribution in [-0.4, -0.2) is 25.5 Å². The molecule has 5 heteroatoms. The summed E-state index contributed by atoms with van der Waals surface area (Å²) in [4.78, 5) is 13.4. The molecule has 2 rings (SSSR count). The number of rotatable bonds is 3. The van der Waals surface area contributed by atoms with Crippen LogP contribution < -0.4 is 16.4 Å². The van der Waals surface area contributed by atoms with Crippen LogP contribution in [-0.2, 0) is 0 Å². The molecule has 1 fully saturated rings. The van der Waals surface area contributed by atoms with Crippen molar-refractivity contribution in [1.29, 1.82) is 0 Å². The number of hydrogen-bond donors (Lipinski definition) is 2. The first kappa shape index (κ1) is 13.4. The summed E-state index contributed by atoms with van der Waals surface area (Å²) in [7, 11) is 0. The number of anilines is 1. The quantitative estimate of drug-likeness (QED) is 0.893. The first-order valence-corrected chi connectivity index (χ1v) is 6.95. The van der Waals surface area contributed by atoms with Gasteiger partial charge in [-0.3, -0.25) is 4.79 Å². The van der Waals surface area contributed by atoms with E-state index >= 15 is 0 Å². The number of amides is 1. The first-order valence-electron chi connectivity index (χ1n) is 6.16. The molecule has 1 amide bonds. The van der Waals surface area contributed by atoms with Gasteiger partial charge >= 0.3 is 0 Å². The van der Waals surface area contributed by atoms with E-state index in [1.54, 1.807) is 12.1 Å². The average Bonchev–Trinajstić information content (AvgIpc) is 2.38. The Morgan fingerprint density at radius 1 is 1.50 bits per heavy atom. The minimum atomic E-state index is -0.402. The standard InChI is InChI=1S/C13H18BrN3O/c14-11-6-10(13(16)18)3-4-12(11)17-5-1-2-9(7-15)8-17/h3-4,6,9H,1-2,5,7-8,15H2,(H2,16,18). The molecule has 1 unspecified atom stereocenters. The highest BCUT2D eigenvalue weighted by molar-refractivity contribution is 9.10. The smallest absolute Gasteiger partial charge is 0.248 e. The molecule has 98 valence electrons. The van der Waals surface area contributed by atoms with Gasteiger partial charge in [-0.15, -0.1) is 0 Å². The fourth-order valence-electron chi connectivity index (χ4n) is 2.39. The molecule has 1 aromatic rings. The summed E-state index contributed by atoms with van der Waals surface area (Å²) in [5.74, 6) is 0.155. The zero-order valence-electron chi connectivity index (χ0n) is 10.2. The Morgan fingerprint density at radius 2 is 2.28 bits per heavy atom. The van der Waals surface area contributed by atoms with Crippen molar-refractivity contribution < 1.29 is 4.79 Å². The molecule has 1 saturated heterocycles. The van der Waals surface area contributed by atoms with Crippen LogP contribution in [0.2, 0.25) is 0 Å². The van der Waals surface area contributed by atoms with E-state index in [1.165, 1.54) is 6.42 Å². The molecule has 1 atom stereocenters. The molecule has 4 N–H and O–H groups in total. The van der Waals surface area contributed by atoms with Crippen molar-refractivity contribution in [2.24, 2.45) is 17.4 Å². The molecule has 0 bridgehead atoms. The molecular weight excluding hydrogens is 294 g/mol. The van der Waals surface area contributed by atoms with Crippen LogP contribution in [0.15, 0.2) is 22.7 Å². The van der Waals surface area contributed by atoms with Crippen LogP contribution >= 0.6 is 15.9 Å². The lowest BCUT2D eigenvalue weighted by molar-refractivity contribution is 0.100. The van der Waals surface area contributed by atoms with Crippen molar-refractivity contribution in [3.05, 3.63) is 28.2 Å². The number of halogens is 1. The molecular formula is C13H18BrN3O. The second-order valence-electron chi connectivity index (χ2n) is 4.72. The highest BCUT2D eigenvalue weighted by atomic mass is 79.9. The lowest BCUT2D eigenvalue weighted by Crippen LogP contribution is -2.38. The number of nitrogens with two attached hydrogens (primary N) is 2. The number of benzene rings is 1. The SMILES string of the molecule is NCC1CCCN(c2ccc(C(N)=O)cc2Br)C1. The van der Waals surface area contributed by atoms with E-state index in [0.29, 0.717) is 11.5 Å².